The first-order chi connectivity index (χ1) is 10.7. The van der Waals surface area contributed by atoms with E-state index in [9.17, 15) is 0 Å². The van der Waals surface area contributed by atoms with Crippen LogP contribution < -0.4 is 0 Å². The van der Waals surface area contributed by atoms with E-state index < -0.39 is 0 Å². The minimum Gasteiger partial charge on any atom is -0.472 e. The minimum absolute atomic E-state index is 0.0272. The highest BCUT2D eigenvalue weighted by Gasteiger charge is 2.29. The van der Waals surface area contributed by atoms with Gasteiger partial charge in [-0.25, -0.2) is 0 Å². The summed E-state index contributed by atoms with van der Waals surface area (Å²) >= 11 is 0. The molecule has 23 heavy (non-hydrogen) atoms. The van der Waals surface area contributed by atoms with Crippen LogP contribution in [-0.4, -0.2) is 38.8 Å². The third-order valence-corrected chi connectivity index (χ3v) is 4.80. The van der Waals surface area contributed by atoms with Crippen LogP contribution in [0, 0.1) is 10.8 Å². The first-order valence-electron chi connectivity index (χ1n) is 8.83. The number of hydrogen-bond acceptors (Lipinski definition) is 4. The van der Waals surface area contributed by atoms with Crippen LogP contribution in [-0.2, 0) is 18.9 Å². The fourth-order valence-corrected chi connectivity index (χ4v) is 1.80. The Morgan fingerprint density at radius 3 is 2.04 bits per heavy atom. The maximum absolute atomic E-state index is 5.40. The Morgan fingerprint density at radius 1 is 1.04 bits per heavy atom. The van der Waals surface area contributed by atoms with Gasteiger partial charge in [0.2, 0.25) is 0 Å². The van der Waals surface area contributed by atoms with Crippen molar-refractivity contribution in [3.05, 3.63) is 12.3 Å². The highest BCUT2D eigenvalue weighted by molar-refractivity contribution is 4.97. The molecule has 2 unspecified atom stereocenters. The molecule has 0 aromatic rings. The number of allylic oxidation sites excluding steroid dienone is 1. The predicted octanol–water partition coefficient (Wildman–Crippen LogP) is 4.54. The molecule has 4 heteroatoms. The third-order valence-electron chi connectivity index (χ3n) is 4.80. The molecule has 0 aromatic carbocycles. The number of epoxide rings is 2. The Kier molecular flexibility index (Phi) is 8.05. The Balaban J connectivity index is 0.000000253. The van der Waals surface area contributed by atoms with E-state index in [4.69, 9.17) is 18.9 Å². The summed E-state index contributed by atoms with van der Waals surface area (Å²) in [7, 11) is 0. The molecule has 2 fully saturated rings. The highest BCUT2D eigenvalue weighted by Crippen LogP contribution is 2.31. The van der Waals surface area contributed by atoms with Crippen LogP contribution in [0.25, 0.3) is 0 Å². The summed E-state index contributed by atoms with van der Waals surface area (Å²) in [5.74, 6) is 0.789. The molecule has 0 radical (unpaired) electrons. The molecule has 0 saturated carbocycles. The third kappa shape index (κ3) is 9.33. The van der Waals surface area contributed by atoms with Crippen LogP contribution in [0.5, 0.6) is 0 Å². The van der Waals surface area contributed by atoms with Crippen LogP contribution in [0.4, 0.5) is 0 Å². The Morgan fingerprint density at radius 2 is 1.61 bits per heavy atom. The van der Waals surface area contributed by atoms with Crippen molar-refractivity contribution in [2.75, 3.05) is 26.6 Å². The van der Waals surface area contributed by atoms with Crippen molar-refractivity contribution in [2.45, 2.75) is 73.0 Å². The molecule has 0 N–H and O–H groups in total. The molecule has 2 saturated heterocycles. The van der Waals surface area contributed by atoms with Gasteiger partial charge in [-0.2, -0.15) is 0 Å². The van der Waals surface area contributed by atoms with Crippen molar-refractivity contribution >= 4 is 0 Å². The average Bonchev–Trinajstić information content (AvgIpc) is 3.39. The molecule has 0 amide bonds. The summed E-state index contributed by atoms with van der Waals surface area (Å²) in [6.45, 7) is 19.8. The summed E-state index contributed by atoms with van der Waals surface area (Å²) in [6, 6.07) is 0. The van der Waals surface area contributed by atoms with Gasteiger partial charge in [0.05, 0.1) is 31.7 Å². The molecule has 0 bridgehead atoms. The van der Waals surface area contributed by atoms with Gasteiger partial charge in [0.15, 0.2) is 6.79 Å². The molecule has 4 nitrogen and oxygen atoms in total. The van der Waals surface area contributed by atoms with Gasteiger partial charge in [0.1, 0.15) is 6.10 Å². The number of rotatable bonds is 10. The molecule has 2 atom stereocenters. The second-order valence-electron chi connectivity index (χ2n) is 7.93. The topological polar surface area (TPSA) is 43.5 Å². The van der Waals surface area contributed by atoms with E-state index in [-0.39, 0.29) is 12.2 Å². The first-order valence-corrected chi connectivity index (χ1v) is 8.83. The van der Waals surface area contributed by atoms with E-state index >= 15 is 0 Å². The summed E-state index contributed by atoms with van der Waals surface area (Å²) in [4.78, 5) is 0. The van der Waals surface area contributed by atoms with E-state index in [2.05, 4.69) is 48.1 Å². The van der Waals surface area contributed by atoms with E-state index in [1.54, 1.807) is 0 Å². The average molecular weight is 328 g/mol. The van der Waals surface area contributed by atoms with Crippen LogP contribution in [0.2, 0.25) is 0 Å². The van der Waals surface area contributed by atoms with Crippen LogP contribution in [0.15, 0.2) is 12.3 Å². The van der Waals surface area contributed by atoms with Gasteiger partial charge in [-0.1, -0.05) is 54.5 Å². The fraction of sp³-hybridized carbons (Fsp3) is 0.895. The molecule has 2 heterocycles. The monoisotopic (exact) mass is 328 g/mol. The van der Waals surface area contributed by atoms with Gasteiger partial charge in [-0.15, -0.1) is 0 Å². The maximum Gasteiger partial charge on any atom is 0.188 e. The molecule has 0 aromatic heterocycles. The van der Waals surface area contributed by atoms with Crippen molar-refractivity contribution in [1.29, 1.82) is 0 Å². The van der Waals surface area contributed by atoms with E-state index in [1.165, 1.54) is 12.8 Å². The van der Waals surface area contributed by atoms with Crippen molar-refractivity contribution in [3.8, 4) is 0 Å². The number of ether oxygens (including phenoxy) is 4. The molecule has 2 aliphatic heterocycles. The molecule has 2 aliphatic rings. The lowest BCUT2D eigenvalue weighted by molar-refractivity contribution is -0.0432. The van der Waals surface area contributed by atoms with Gasteiger partial charge < -0.3 is 18.9 Å². The standard InChI is InChI=1S/C11H20O3.C8H16O/c1-5-11(3,4)9(2)14-8-12-6-10-7-13-10;1-4-8(2,3)5-7-6-9-7/h10H,2,5-8H2,1,3-4H3;7H,4-6H2,1-3H3. The lowest BCUT2D eigenvalue weighted by Crippen LogP contribution is -2.17. The Bertz CT molecular complexity index is 354. The van der Waals surface area contributed by atoms with Crippen molar-refractivity contribution in [1.82, 2.24) is 0 Å². The Hall–Kier alpha value is -0.580. The van der Waals surface area contributed by atoms with Crippen LogP contribution >= 0.6 is 0 Å². The predicted molar refractivity (Wildman–Crippen MR) is 93.3 cm³/mol. The van der Waals surface area contributed by atoms with Crippen molar-refractivity contribution in [2.24, 2.45) is 10.8 Å². The maximum atomic E-state index is 5.40. The number of hydrogen-bond donors (Lipinski definition) is 0. The summed E-state index contributed by atoms with van der Waals surface area (Å²) in [6.07, 6.45) is 4.40. The molecule has 0 aliphatic carbocycles. The van der Waals surface area contributed by atoms with E-state index in [0.29, 0.717) is 24.2 Å². The second kappa shape index (κ2) is 9.05. The zero-order chi connectivity index (χ0) is 17.5. The summed E-state index contributed by atoms with van der Waals surface area (Å²) in [5, 5.41) is 0. The van der Waals surface area contributed by atoms with Gasteiger partial charge in [-0.05, 0) is 18.3 Å². The van der Waals surface area contributed by atoms with E-state index in [1.807, 2.05) is 0 Å². The summed E-state index contributed by atoms with van der Waals surface area (Å²) in [5.41, 5.74) is 0.528. The lowest BCUT2D eigenvalue weighted by atomic mass is 9.85. The molecule has 136 valence electrons. The molecule has 2 rings (SSSR count). The lowest BCUT2D eigenvalue weighted by Gasteiger charge is -2.25. The summed E-state index contributed by atoms with van der Waals surface area (Å²) < 4.78 is 20.8. The smallest absolute Gasteiger partial charge is 0.188 e. The molecular weight excluding hydrogens is 292 g/mol. The quantitative estimate of drug-likeness (QED) is 0.256. The zero-order valence-electron chi connectivity index (χ0n) is 15.9. The minimum atomic E-state index is 0.0272. The van der Waals surface area contributed by atoms with Gasteiger partial charge >= 0.3 is 0 Å². The molecular formula is C19H36O4. The highest BCUT2D eigenvalue weighted by atomic mass is 16.7. The SMILES string of the molecule is C=C(OCOCC1CO1)C(C)(C)CC.CCC(C)(C)CC1CO1. The van der Waals surface area contributed by atoms with Crippen molar-refractivity contribution < 1.29 is 18.9 Å². The zero-order valence-corrected chi connectivity index (χ0v) is 15.9. The molecule has 0 spiro atoms. The van der Waals surface area contributed by atoms with Gasteiger partial charge in [0.25, 0.3) is 0 Å². The normalized spacial score (nSPS) is 22.9. The van der Waals surface area contributed by atoms with Crippen LogP contribution in [0.1, 0.15) is 60.8 Å². The van der Waals surface area contributed by atoms with Gasteiger partial charge in [-0.3, -0.25) is 0 Å². The van der Waals surface area contributed by atoms with E-state index in [0.717, 1.165) is 25.4 Å². The Labute approximate surface area is 142 Å². The fourth-order valence-electron chi connectivity index (χ4n) is 1.80. The largest absolute Gasteiger partial charge is 0.472 e. The van der Waals surface area contributed by atoms with Crippen LogP contribution in [0.3, 0.4) is 0 Å². The second-order valence-corrected chi connectivity index (χ2v) is 7.93. The first kappa shape index (κ1) is 20.5. The van der Waals surface area contributed by atoms with Gasteiger partial charge in [0, 0.05) is 5.41 Å². The van der Waals surface area contributed by atoms with Crippen molar-refractivity contribution in [3.63, 3.8) is 0 Å².